The van der Waals surface area contributed by atoms with Crippen molar-refractivity contribution in [1.82, 2.24) is 0 Å². The van der Waals surface area contributed by atoms with E-state index in [0.29, 0.717) is 11.1 Å². The summed E-state index contributed by atoms with van der Waals surface area (Å²) in [5, 5.41) is 10.3. The molecule has 0 aliphatic rings. The van der Waals surface area contributed by atoms with E-state index in [4.69, 9.17) is 4.74 Å². The molecule has 2 rings (SSSR count). The predicted octanol–water partition coefficient (Wildman–Crippen LogP) is 4.69. The van der Waals surface area contributed by atoms with E-state index in [2.05, 4.69) is 20.8 Å². The fraction of sp³-hybridized carbons (Fsp3) is 0.381. The maximum atomic E-state index is 12.4. The minimum absolute atomic E-state index is 0.0563. The summed E-state index contributed by atoms with van der Waals surface area (Å²) >= 11 is 0. The standard InChI is InChI=1S/C21H26O3/c1-5-21(2,3)17-10-6-15(7-11-17)19(22)14-20(23)16-8-12-18(24-4)13-9-16/h6-13,20,23H,5,14H2,1-4H3. The largest absolute Gasteiger partial charge is 0.497 e. The van der Waals surface area contributed by atoms with Crippen LogP contribution in [0.5, 0.6) is 5.75 Å². The molecule has 1 atom stereocenters. The molecular weight excluding hydrogens is 300 g/mol. The van der Waals surface area contributed by atoms with Crippen molar-refractivity contribution in [2.75, 3.05) is 7.11 Å². The van der Waals surface area contributed by atoms with Crippen molar-refractivity contribution in [3.63, 3.8) is 0 Å². The van der Waals surface area contributed by atoms with Crippen molar-refractivity contribution in [3.05, 3.63) is 65.2 Å². The number of carbonyl (C=O) groups is 1. The van der Waals surface area contributed by atoms with Gasteiger partial charge in [-0.05, 0) is 35.1 Å². The lowest BCUT2D eigenvalue weighted by atomic mass is 9.82. The molecule has 0 radical (unpaired) electrons. The highest BCUT2D eigenvalue weighted by molar-refractivity contribution is 5.96. The van der Waals surface area contributed by atoms with Crippen LogP contribution in [0.1, 0.15) is 61.2 Å². The SMILES string of the molecule is CCC(C)(C)c1ccc(C(=O)CC(O)c2ccc(OC)cc2)cc1. The number of ketones is 1. The molecule has 24 heavy (non-hydrogen) atoms. The van der Waals surface area contributed by atoms with E-state index in [0.717, 1.165) is 12.2 Å². The summed E-state index contributed by atoms with van der Waals surface area (Å²) < 4.78 is 5.10. The van der Waals surface area contributed by atoms with Gasteiger partial charge in [0, 0.05) is 12.0 Å². The van der Waals surface area contributed by atoms with Gasteiger partial charge in [0.2, 0.25) is 0 Å². The van der Waals surface area contributed by atoms with Gasteiger partial charge in [-0.2, -0.15) is 0 Å². The number of ether oxygens (including phenoxy) is 1. The number of rotatable bonds is 7. The molecule has 1 N–H and O–H groups in total. The zero-order chi connectivity index (χ0) is 17.7. The Morgan fingerprint density at radius 1 is 1.08 bits per heavy atom. The number of Topliss-reactive ketones (excluding diaryl/α,β-unsaturated/α-hetero) is 1. The van der Waals surface area contributed by atoms with Crippen LogP contribution in [0.3, 0.4) is 0 Å². The number of benzene rings is 2. The van der Waals surface area contributed by atoms with Crippen molar-refractivity contribution in [2.24, 2.45) is 0 Å². The predicted molar refractivity (Wildman–Crippen MR) is 96.7 cm³/mol. The lowest BCUT2D eigenvalue weighted by Crippen LogP contribution is -2.15. The van der Waals surface area contributed by atoms with E-state index in [-0.39, 0.29) is 17.6 Å². The van der Waals surface area contributed by atoms with Gasteiger partial charge in [-0.1, -0.05) is 57.2 Å². The van der Waals surface area contributed by atoms with Crippen molar-refractivity contribution in [3.8, 4) is 5.75 Å². The Morgan fingerprint density at radius 3 is 2.17 bits per heavy atom. The second kappa shape index (κ2) is 7.63. The normalized spacial score (nSPS) is 12.7. The molecule has 2 aromatic rings. The first-order chi connectivity index (χ1) is 11.4. The molecule has 0 aliphatic carbocycles. The molecule has 0 bridgehead atoms. The van der Waals surface area contributed by atoms with Gasteiger partial charge in [-0.25, -0.2) is 0 Å². The van der Waals surface area contributed by atoms with Gasteiger partial charge in [-0.15, -0.1) is 0 Å². The molecule has 0 aromatic heterocycles. The molecule has 1 unspecified atom stereocenters. The molecule has 0 amide bonds. The fourth-order valence-corrected chi connectivity index (χ4v) is 2.55. The number of carbonyl (C=O) groups excluding carboxylic acids is 1. The van der Waals surface area contributed by atoms with Crippen LogP contribution in [0.2, 0.25) is 0 Å². The van der Waals surface area contributed by atoms with E-state index in [9.17, 15) is 9.90 Å². The summed E-state index contributed by atoms with van der Waals surface area (Å²) in [4.78, 5) is 12.4. The van der Waals surface area contributed by atoms with Crippen LogP contribution in [-0.4, -0.2) is 18.0 Å². The quantitative estimate of drug-likeness (QED) is 0.751. The number of hydrogen-bond donors (Lipinski definition) is 1. The summed E-state index contributed by atoms with van der Waals surface area (Å²) in [5.41, 5.74) is 2.67. The molecule has 0 saturated carbocycles. The van der Waals surface area contributed by atoms with E-state index in [1.165, 1.54) is 5.56 Å². The Bertz CT molecular complexity index is 669. The maximum absolute atomic E-state index is 12.4. The molecule has 0 saturated heterocycles. The van der Waals surface area contributed by atoms with Crippen LogP contribution in [0.15, 0.2) is 48.5 Å². The Labute approximate surface area is 144 Å². The van der Waals surface area contributed by atoms with Crippen molar-refractivity contribution in [2.45, 2.75) is 45.1 Å². The van der Waals surface area contributed by atoms with Crippen molar-refractivity contribution >= 4 is 5.78 Å². The Hall–Kier alpha value is -2.13. The van der Waals surface area contributed by atoms with Crippen LogP contribution >= 0.6 is 0 Å². The summed E-state index contributed by atoms with van der Waals surface area (Å²) in [7, 11) is 1.60. The minimum Gasteiger partial charge on any atom is -0.497 e. The second-order valence-electron chi connectivity index (χ2n) is 6.73. The number of aliphatic hydroxyl groups is 1. The van der Waals surface area contributed by atoms with Crippen molar-refractivity contribution < 1.29 is 14.6 Å². The van der Waals surface area contributed by atoms with Crippen LogP contribution in [0.25, 0.3) is 0 Å². The lowest BCUT2D eigenvalue weighted by Gasteiger charge is -2.23. The van der Waals surface area contributed by atoms with E-state index < -0.39 is 6.10 Å². The molecule has 3 heteroatoms. The first-order valence-corrected chi connectivity index (χ1v) is 8.33. The van der Waals surface area contributed by atoms with Crippen molar-refractivity contribution in [1.29, 1.82) is 0 Å². The van der Waals surface area contributed by atoms with Gasteiger partial charge >= 0.3 is 0 Å². The molecule has 0 aliphatic heterocycles. The first kappa shape index (κ1) is 18.2. The molecular formula is C21H26O3. The summed E-state index contributed by atoms with van der Waals surface area (Å²) in [6, 6.07) is 14.9. The maximum Gasteiger partial charge on any atom is 0.165 e. The van der Waals surface area contributed by atoms with Crippen LogP contribution in [-0.2, 0) is 5.41 Å². The molecule has 0 spiro atoms. The average Bonchev–Trinajstić information content (AvgIpc) is 2.61. The molecule has 3 nitrogen and oxygen atoms in total. The topological polar surface area (TPSA) is 46.5 Å². The minimum atomic E-state index is -0.810. The molecule has 0 fully saturated rings. The third-order valence-corrected chi connectivity index (χ3v) is 4.75. The van der Waals surface area contributed by atoms with E-state index in [1.54, 1.807) is 31.4 Å². The highest BCUT2D eigenvalue weighted by atomic mass is 16.5. The first-order valence-electron chi connectivity index (χ1n) is 8.33. The number of hydrogen-bond acceptors (Lipinski definition) is 3. The number of methoxy groups -OCH3 is 1. The van der Waals surface area contributed by atoms with Crippen LogP contribution in [0.4, 0.5) is 0 Å². The monoisotopic (exact) mass is 326 g/mol. The fourth-order valence-electron chi connectivity index (χ4n) is 2.55. The Balaban J connectivity index is 2.05. The van der Waals surface area contributed by atoms with Gasteiger partial charge in [0.05, 0.1) is 13.2 Å². The van der Waals surface area contributed by atoms with E-state index in [1.807, 2.05) is 24.3 Å². The molecule has 0 heterocycles. The van der Waals surface area contributed by atoms with E-state index >= 15 is 0 Å². The number of aliphatic hydroxyl groups excluding tert-OH is 1. The Morgan fingerprint density at radius 2 is 1.67 bits per heavy atom. The summed E-state index contributed by atoms with van der Waals surface area (Å²) in [5.74, 6) is 0.672. The zero-order valence-electron chi connectivity index (χ0n) is 14.9. The smallest absolute Gasteiger partial charge is 0.165 e. The van der Waals surface area contributed by atoms with Gasteiger partial charge in [-0.3, -0.25) is 4.79 Å². The van der Waals surface area contributed by atoms with Gasteiger partial charge in [0.15, 0.2) is 5.78 Å². The van der Waals surface area contributed by atoms with Gasteiger partial charge in [0.25, 0.3) is 0 Å². The average molecular weight is 326 g/mol. The molecule has 128 valence electrons. The third-order valence-electron chi connectivity index (χ3n) is 4.75. The lowest BCUT2D eigenvalue weighted by molar-refractivity contribution is 0.0880. The zero-order valence-corrected chi connectivity index (χ0v) is 14.9. The Kier molecular flexibility index (Phi) is 5.79. The summed E-state index contributed by atoms with van der Waals surface area (Å²) in [6.45, 7) is 6.54. The third kappa shape index (κ3) is 4.24. The second-order valence-corrected chi connectivity index (χ2v) is 6.73. The molecule has 2 aromatic carbocycles. The summed E-state index contributed by atoms with van der Waals surface area (Å²) in [6.07, 6.45) is 0.300. The van der Waals surface area contributed by atoms with Crippen LogP contribution < -0.4 is 4.74 Å². The highest BCUT2D eigenvalue weighted by Crippen LogP contribution is 2.27. The highest BCUT2D eigenvalue weighted by Gasteiger charge is 2.19. The van der Waals surface area contributed by atoms with Crippen LogP contribution in [0, 0.1) is 0 Å². The van der Waals surface area contributed by atoms with Gasteiger partial charge in [0.1, 0.15) is 5.75 Å². The van der Waals surface area contributed by atoms with Gasteiger partial charge < -0.3 is 9.84 Å².